The van der Waals surface area contributed by atoms with Gasteiger partial charge >= 0.3 is 0 Å². The Morgan fingerprint density at radius 1 is 1.22 bits per heavy atom. The van der Waals surface area contributed by atoms with Gasteiger partial charge in [-0.2, -0.15) is 4.98 Å². The Morgan fingerprint density at radius 3 is 2.94 bits per heavy atom. The molecule has 0 saturated carbocycles. The summed E-state index contributed by atoms with van der Waals surface area (Å²) in [4.78, 5) is 28.2. The summed E-state index contributed by atoms with van der Waals surface area (Å²) in [6.45, 7) is 5.54. The fraction of sp³-hybridized carbons (Fsp3) is 0.364. The van der Waals surface area contributed by atoms with Crippen LogP contribution < -0.4 is 19.7 Å². The third-order valence-electron chi connectivity index (χ3n) is 5.50. The number of fused-ring (bicyclic) bond motifs is 1. The standard InChI is InChI=1S/C22H24N6O4/c1-14-9-20(26-22(24-14)28-6-5-23-12-28)27-7-8-30-19(11-27)21(29)25-15(2)16-3-4-17-18(10-16)32-13-31-17/h3-6,9-10,12,15,19H,7-8,11,13H2,1-2H3,(H,25,29). The number of rotatable bonds is 5. The van der Waals surface area contributed by atoms with Crippen LogP contribution in [0.5, 0.6) is 11.5 Å². The van der Waals surface area contributed by atoms with Gasteiger partial charge in [0.1, 0.15) is 12.1 Å². The predicted octanol–water partition coefficient (Wildman–Crippen LogP) is 1.78. The van der Waals surface area contributed by atoms with Gasteiger partial charge in [-0.05, 0) is 31.5 Å². The minimum absolute atomic E-state index is 0.166. The molecule has 2 aliphatic rings. The van der Waals surface area contributed by atoms with E-state index in [-0.39, 0.29) is 18.7 Å². The third-order valence-corrected chi connectivity index (χ3v) is 5.50. The van der Waals surface area contributed by atoms with Crippen LogP contribution in [0.1, 0.15) is 24.2 Å². The highest BCUT2D eigenvalue weighted by Crippen LogP contribution is 2.34. The van der Waals surface area contributed by atoms with Crippen LogP contribution in [0.3, 0.4) is 0 Å². The van der Waals surface area contributed by atoms with E-state index in [0.717, 1.165) is 17.1 Å². The molecule has 2 aliphatic heterocycles. The first kappa shape index (κ1) is 20.3. The van der Waals surface area contributed by atoms with E-state index in [1.54, 1.807) is 23.3 Å². The maximum atomic E-state index is 12.9. The molecule has 0 aliphatic carbocycles. The van der Waals surface area contributed by atoms with Gasteiger partial charge in [0.05, 0.1) is 19.2 Å². The van der Waals surface area contributed by atoms with E-state index in [1.165, 1.54) is 0 Å². The molecule has 166 valence electrons. The number of carbonyl (C=O) groups is 1. The largest absolute Gasteiger partial charge is 0.454 e. The van der Waals surface area contributed by atoms with E-state index >= 15 is 0 Å². The van der Waals surface area contributed by atoms with E-state index in [4.69, 9.17) is 14.2 Å². The summed E-state index contributed by atoms with van der Waals surface area (Å²) < 4.78 is 18.3. The van der Waals surface area contributed by atoms with Crippen molar-refractivity contribution < 1.29 is 19.0 Å². The molecule has 5 rings (SSSR count). The Morgan fingerprint density at radius 2 is 2.09 bits per heavy atom. The Bertz CT molecular complexity index is 1120. The lowest BCUT2D eigenvalue weighted by Crippen LogP contribution is -2.50. The molecule has 0 bridgehead atoms. The molecular formula is C22H24N6O4. The third kappa shape index (κ3) is 4.09. The number of aromatic nitrogens is 4. The van der Waals surface area contributed by atoms with Crippen LogP contribution in [0.25, 0.3) is 5.95 Å². The summed E-state index contributed by atoms with van der Waals surface area (Å²) in [6.07, 6.45) is 4.53. The van der Waals surface area contributed by atoms with Crippen molar-refractivity contribution in [1.29, 1.82) is 0 Å². The van der Waals surface area contributed by atoms with Crippen molar-refractivity contribution in [1.82, 2.24) is 24.8 Å². The van der Waals surface area contributed by atoms with Crippen LogP contribution in [-0.2, 0) is 9.53 Å². The summed E-state index contributed by atoms with van der Waals surface area (Å²) in [7, 11) is 0. The Kier molecular flexibility index (Phi) is 5.36. The van der Waals surface area contributed by atoms with Gasteiger partial charge in [0, 0.05) is 30.7 Å². The molecule has 32 heavy (non-hydrogen) atoms. The lowest BCUT2D eigenvalue weighted by molar-refractivity contribution is -0.134. The first-order valence-electron chi connectivity index (χ1n) is 10.5. The number of nitrogens with one attached hydrogen (secondary N) is 1. The fourth-order valence-corrected chi connectivity index (χ4v) is 3.78. The number of anilines is 1. The van der Waals surface area contributed by atoms with Crippen molar-refractivity contribution in [3.63, 3.8) is 0 Å². The van der Waals surface area contributed by atoms with E-state index in [2.05, 4.69) is 20.3 Å². The second kappa shape index (κ2) is 8.46. The molecule has 1 aromatic carbocycles. The van der Waals surface area contributed by atoms with Crippen LogP contribution in [0.2, 0.25) is 0 Å². The number of aryl methyl sites for hydroxylation is 1. The second-order valence-corrected chi connectivity index (χ2v) is 7.79. The first-order chi connectivity index (χ1) is 15.6. The van der Waals surface area contributed by atoms with E-state index in [1.807, 2.05) is 43.0 Å². The van der Waals surface area contributed by atoms with Gasteiger partial charge in [-0.25, -0.2) is 9.97 Å². The van der Waals surface area contributed by atoms with Gasteiger partial charge in [-0.1, -0.05) is 6.07 Å². The number of morpholine rings is 1. The van der Waals surface area contributed by atoms with Gasteiger partial charge in [0.2, 0.25) is 12.7 Å². The average molecular weight is 436 g/mol. The number of ether oxygens (including phenoxy) is 3. The number of hydrogen-bond donors (Lipinski definition) is 1. The molecular weight excluding hydrogens is 412 g/mol. The van der Waals surface area contributed by atoms with Crippen molar-refractivity contribution in [3.05, 3.63) is 54.2 Å². The first-order valence-corrected chi connectivity index (χ1v) is 10.5. The summed E-state index contributed by atoms with van der Waals surface area (Å²) in [5.74, 6) is 2.54. The highest BCUT2D eigenvalue weighted by molar-refractivity contribution is 5.82. The minimum atomic E-state index is -0.604. The topological polar surface area (TPSA) is 104 Å². The summed E-state index contributed by atoms with van der Waals surface area (Å²) in [5, 5.41) is 3.04. The van der Waals surface area contributed by atoms with Crippen LogP contribution in [0, 0.1) is 6.92 Å². The average Bonchev–Trinajstić information content (AvgIpc) is 3.50. The van der Waals surface area contributed by atoms with Crippen molar-refractivity contribution in [2.45, 2.75) is 26.0 Å². The van der Waals surface area contributed by atoms with Crippen LogP contribution in [0.15, 0.2) is 43.0 Å². The number of amides is 1. The van der Waals surface area contributed by atoms with Crippen molar-refractivity contribution >= 4 is 11.7 Å². The quantitative estimate of drug-likeness (QED) is 0.646. The van der Waals surface area contributed by atoms with E-state index in [9.17, 15) is 4.79 Å². The smallest absolute Gasteiger partial charge is 0.251 e. The minimum Gasteiger partial charge on any atom is -0.454 e. The Balaban J connectivity index is 1.27. The van der Waals surface area contributed by atoms with Gasteiger partial charge in [-0.3, -0.25) is 9.36 Å². The van der Waals surface area contributed by atoms with Crippen molar-refractivity contribution in [2.75, 3.05) is 31.4 Å². The number of carbonyl (C=O) groups excluding carboxylic acids is 1. The zero-order chi connectivity index (χ0) is 22.1. The highest BCUT2D eigenvalue weighted by Gasteiger charge is 2.29. The maximum absolute atomic E-state index is 12.9. The number of nitrogens with zero attached hydrogens (tertiary/aromatic N) is 5. The molecule has 1 amide bonds. The van der Waals surface area contributed by atoms with E-state index in [0.29, 0.717) is 37.1 Å². The second-order valence-electron chi connectivity index (χ2n) is 7.79. The Labute approximate surface area is 185 Å². The molecule has 1 saturated heterocycles. The molecule has 10 nitrogen and oxygen atoms in total. The molecule has 2 atom stereocenters. The summed E-state index contributed by atoms with van der Waals surface area (Å²) >= 11 is 0. The molecule has 2 aromatic heterocycles. The van der Waals surface area contributed by atoms with Gasteiger partial charge in [0.25, 0.3) is 5.91 Å². The molecule has 1 fully saturated rings. The normalized spacial score (nSPS) is 18.4. The monoisotopic (exact) mass is 436 g/mol. The highest BCUT2D eigenvalue weighted by atomic mass is 16.7. The number of imidazole rings is 1. The molecule has 2 unspecified atom stereocenters. The lowest BCUT2D eigenvalue weighted by atomic mass is 10.1. The predicted molar refractivity (Wildman–Crippen MR) is 115 cm³/mol. The number of hydrogen-bond acceptors (Lipinski definition) is 8. The van der Waals surface area contributed by atoms with Gasteiger partial charge < -0.3 is 24.4 Å². The summed E-state index contributed by atoms with van der Waals surface area (Å²) in [6, 6.07) is 7.38. The van der Waals surface area contributed by atoms with Gasteiger partial charge in [-0.15, -0.1) is 0 Å². The van der Waals surface area contributed by atoms with Crippen LogP contribution in [-0.4, -0.2) is 58.0 Å². The summed E-state index contributed by atoms with van der Waals surface area (Å²) in [5.41, 5.74) is 1.77. The molecule has 0 spiro atoms. The zero-order valence-electron chi connectivity index (χ0n) is 17.9. The molecule has 4 heterocycles. The molecule has 10 heteroatoms. The molecule has 3 aromatic rings. The van der Waals surface area contributed by atoms with Crippen LogP contribution >= 0.6 is 0 Å². The van der Waals surface area contributed by atoms with Crippen LogP contribution in [0.4, 0.5) is 5.82 Å². The lowest BCUT2D eigenvalue weighted by Gasteiger charge is -2.33. The van der Waals surface area contributed by atoms with E-state index < -0.39 is 6.10 Å². The van der Waals surface area contributed by atoms with Gasteiger partial charge in [0.15, 0.2) is 17.6 Å². The molecule has 0 radical (unpaired) electrons. The maximum Gasteiger partial charge on any atom is 0.251 e. The molecule has 1 N–H and O–H groups in total. The fourth-order valence-electron chi connectivity index (χ4n) is 3.78. The van der Waals surface area contributed by atoms with Crippen molar-refractivity contribution in [3.8, 4) is 17.4 Å². The zero-order valence-corrected chi connectivity index (χ0v) is 17.9. The van der Waals surface area contributed by atoms with Crippen molar-refractivity contribution in [2.24, 2.45) is 0 Å². The number of benzene rings is 1. The SMILES string of the molecule is Cc1cc(N2CCOC(C(=O)NC(C)c3ccc4c(c3)OCO4)C2)nc(-n2ccnc2)n1. The Hall–Kier alpha value is -3.66.